The van der Waals surface area contributed by atoms with Crippen molar-refractivity contribution in [2.24, 2.45) is 0 Å². The van der Waals surface area contributed by atoms with Crippen LogP contribution in [0, 0.1) is 0 Å². The number of aromatic amines is 1. The predicted octanol–water partition coefficient (Wildman–Crippen LogP) is 3.88. The average molecular weight is 322 g/mol. The number of urea groups is 1. The first-order valence-corrected chi connectivity index (χ1v) is 7.35. The van der Waals surface area contributed by atoms with Gasteiger partial charge in [0.2, 0.25) is 0 Å². The van der Waals surface area contributed by atoms with Crippen molar-refractivity contribution >= 4 is 34.1 Å². The van der Waals surface area contributed by atoms with Crippen molar-refractivity contribution in [3.05, 3.63) is 46.4 Å². The molecule has 0 aliphatic carbocycles. The maximum absolute atomic E-state index is 12.6. The molecular weight excluding hydrogens is 310 g/mol. The summed E-state index contributed by atoms with van der Waals surface area (Å²) in [5.74, 6) is -0.380. The van der Waals surface area contributed by atoms with Crippen LogP contribution in [0.1, 0.15) is 17.1 Å². The molecule has 0 saturated carbocycles. The minimum absolute atomic E-state index is 0.360. The molecule has 0 atom stereocenters. The standard InChI is InChI=1S/C14H12F2N4OS/c15-12(16)13-19-10-4-3-8(6-11(10)20-13)18-14(21)17-7-9-2-1-5-22-9/h1-6,12H,7H2,(H,19,20)(H2,17,18,21). The number of benzene rings is 1. The lowest BCUT2D eigenvalue weighted by atomic mass is 10.3. The summed E-state index contributed by atoms with van der Waals surface area (Å²) in [5.41, 5.74) is 1.38. The zero-order chi connectivity index (χ0) is 15.5. The van der Waals surface area contributed by atoms with Crippen LogP contribution in [0.15, 0.2) is 35.7 Å². The van der Waals surface area contributed by atoms with Crippen LogP contribution in [0.3, 0.4) is 0 Å². The summed E-state index contributed by atoms with van der Waals surface area (Å²) in [4.78, 5) is 19.1. The Morgan fingerprint density at radius 2 is 2.23 bits per heavy atom. The summed E-state index contributed by atoms with van der Waals surface area (Å²) < 4.78 is 25.2. The lowest BCUT2D eigenvalue weighted by molar-refractivity contribution is 0.142. The Hall–Kier alpha value is -2.48. The lowest BCUT2D eigenvalue weighted by Crippen LogP contribution is -2.27. The van der Waals surface area contributed by atoms with Crippen molar-refractivity contribution in [1.29, 1.82) is 0 Å². The molecule has 8 heteroatoms. The number of imidazole rings is 1. The molecule has 3 rings (SSSR count). The molecule has 2 aromatic heterocycles. The molecule has 0 saturated heterocycles. The third-order valence-electron chi connectivity index (χ3n) is 2.97. The molecule has 0 unspecified atom stereocenters. The summed E-state index contributed by atoms with van der Waals surface area (Å²) >= 11 is 1.55. The fourth-order valence-electron chi connectivity index (χ4n) is 1.97. The fraction of sp³-hybridized carbons (Fsp3) is 0.143. The number of amides is 2. The topological polar surface area (TPSA) is 69.8 Å². The van der Waals surface area contributed by atoms with E-state index >= 15 is 0 Å². The van der Waals surface area contributed by atoms with E-state index in [-0.39, 0.29) is 11.9 Å². The molecule has 2 heterocycles. The third kappa shape index (κ3) is 3.22. The van der Waals surface area contributed by atoms with E-state index in [4.69, 9.17) is 0 Å². The first kappa shape index (κ1) is 14.5. The molecule has 114 valence electrons. The Morgan fingerprint density at radius 3 is 2.95 bits per heavy atom. The van der Waals surface area contributed by atoms with Crippen LogP contribution < -0.4 is 10.6 Å². The van der Waals surface area contributed by atoms with Crippen LogP contribution in [-0.4, -0.2) is 16.0 Å². The molecule has 0 spiro atoms. The first-order valence-electron chi connectivity index (χ1n) is 6.47. The Labute approximate surface area is 128 Å². The van der Waals surface area contributed by atoms with E-state index in [9.17, 15) is 13.6 Å². The van der Waals surface area contributed by atoms with Crippen LogP contribution in [0.2, 0.25) is 0 Å². The third-order valence-corrected chi connectivity index (χ3v) is 3.84. The van der Waals surface area contributed by atoms with Crippen molar-refractivity contribution in [1.82, 2.24) is 15.3 Å². The van der Waals surface area contributed by atoms with Crippen LogP contribution in [-0.2, 0) is 6.54 Å². The SMILES string of the molecule is O=C(NCc1cccs1)Nc1ccc2nc(C(F)F)[nH]c2c1. The van der Waals surface area contributed by atoms with Gasteiger partial charge in [-0.3, -0.25) is 0 Å². The zero-order valence-electron chi connectivity index (χ0n) is 11.3. The van der Waals surface area contributed by atoms with Crippen molar-refractivity contribution in [2.45, 2.75) is 13.0 Å². The number of aromatic nitrogens is 2. The van der Waals surface area contributed by atoms with Gasteiger partial charge in [-0.25, -0.2) is 18.6 Å². The number of anilines is 1. The first-order chi connectivity index (χ1) is 10.6. The van der Waals surface area contributed by atoms with Gasteiger partial charge in [-0.2, -0.15) is 0 Å². The van der Waals surface area contributed by atoms with E-state index in [1.165, 1.54) is 0 Å². The van der Waals surface area contributed by atoms with Gasteiger partial charge >= 0.3 is 6.03 Å². The minimum atomic E-state index is -2.65. The summed E-state index contributed by atoms with van der Waals surface area (Å²) in [6.45, 7) is 0.436. The van der Waals surface area contributed by atoms with Crippen molar-refractivity contribution in [2.75, 3.05) is 5.32 Å². The van der Waals surface area contributed by atoms with Gasteiger partial charge in [0.1, 0.15) is 0 Å². The summed E-state index contributed by atoms with van der Waals surface area (Å²) in [6.07, 6.45) is -2.65. The van der Waals surface area contributed by atoms with Crippen LogP contribution >= 0.6 is 11.3 Å². The number of halogens is 2. The lowest BCUT2D eigenvalue weighted by Gasteiger charge is -2.06. The van der Waals surface area contributed by atoms with Crippen LogP contribution in [0.5, 0.6) is 0 Å². The highest BCUT2D eigenvalue weighted by Gasteiger charge is 2.13. The second-order valence-electron chi connectivity index (χ2n) is 4.54. The quantitative estimate of drug-likeness (QED) is 0.682. The molecule has 0 bridgehead atoms. The molecule has 0 aliphatic rings. The van der Waals surface area contributed by atoms with Gasteiger partial charge in [-0.15, -0.1) is 11.3 Å². The van der Waals surface area contributed by atoms with Gasteiger partial charge < -0.3 is 15.6 Å². The van der Waals surface area contributed by atoms with E-state index in [0.29, 0.717) is 23.3 Å². The van der Waals surface area contributed by atoms with E-state index in [1.54, 1.807) is 29.5 Å². The Bertz CT molecular complexity index is 785. The van der Waals surface area contributed by atoms with E-state index in [2.05, 4.69) is 20.6 Å². The Morgan fingerprint density at radius 1 is 1.36 bits per heavy atom. The monoisotopic (exact) mass is 322 g/mol. The average Bonchev–Trinajstić information content (AvgIpc) is 3.14. The Balaban J connectivity index is 1.66. The molecule has 1 aromatic carbocycles. The van der Waals surface area contributed by atoms with E-state index in [0.717, 1.165) is 4.88 Å². The molecule has 0 aliphatic heterocycles. The second kappa shape index (κ2) is 6.10. The van der Waals surface area contributed by atoms with Crippen molar-refractivity contribution in [3.8, 4) is 0 Å². The largest absolute Gasteiger partial charge is 0.337 e. The number of alkyl halides is 2. The summed E-state index contributed by atoms with van der Waals surface area (Å²) in [6, 6.07) is 8.23. The number of nitrogens with zero attached hydrogens (tertiary/aromatic N) is 1. The van der Waals surface area contributed by atoms with E-state index < -0.39 is 6.43 Å². The number of nitrogens with one attached hydrogen (secondary N) is 3. The number of hydrogen-bond acceptors (Lipinski definition) is 3. The van der Waals surface area contributed by atoms with Crippen molar-refractivity contribution < 1.29 is 13.6 Å². The molecule has 2 amide bonds. The summed E-state index contributed by atoms with van der Waals surface area (Å²) in [7, 11) is 0. The van der Waals surface area contributed by atoms with Gasteiger partial charge in [-0.1, -0.05) is 6.07 Å². The molecule has 0 fully saturated rings. The number of fused-ring (bicyclic) bond motifs is 1. The van der Waals surface area contributed by atoms with Crippen LogP contribution in [0.25, 0.3) is 11.0 Å². The minimum Gasteiger partial charge on any atom is -0.337 e. The predicted molar refractivity (Wildman–Crippen MR) is 81.2 cm³/mol. The fourth-order valence-corrected chi connectivity index (χ4v) is 2.61. The highest BCUT2D eigenvalue weighted by atomic mass is 32.1. The number of thiophene rings is 1. The number of hydrogen-bond donors (Lipinski definition) is 3. The number of rotatable bonds is 4. The summed E-state index contributed by atoms with van der Waals surface area (Å²) in [5, 5.41) is 7.31. The van der Waals surface area contributed by atoms with Gasteiger partial charge in [0, 0.05) is 10.6 Å². The molecule has 3 N–H and O–H groups in total. The van der Waals surface area contributed by atoms with Crippen molar-refractivity contribution in [3.63, 3.8) is 0 Å². The van der Waals surface area contributed by atoms with E-state index in [1.807, 2.05) is 17.5 Å². The molecule has 3 aromatic rings. The molecule has 22 heavy (non-hydrogen) atoms. The van der Waals surface area contributed by atoms with Gasteiger partial charge in [-0.05, 0) is 29.6 Å². The normalized spacial score (nSPS) is 11.0. The van der Waals surface area contributed by atoms with Gasteiger partial charge in [0.15, 0.2) is 5.82 Å². The number of carbonyl (C=O) groups is 1. The molecule has 0 radical (unpaired) electrons. The van der Waals surface area contributed by atoms with Crippen LogP contribution in [0.4, 0.5) is 19.3 Å². The highest BCUT2D eigenvalue weighted by Crippen LogP contribution is 2.22. The van der Waals surface area contributed by atoms with Gasteiger partial charge in [0.05, 0.1) is 17.6 Å². The molecular formula is C14H12F2N4OS. The maximum Gasteiger partial charge on any atom is 0.319 e. The Kier molecular flexibility index (Phi) is 4.01. The maximum atomic E-state index is 12.6. The van der Waals surface area contributed by atoms with Gasteiger partial charge in [0.25, 0.3) is 6.43 Å². The zero-order valence-corrected chi connectivity index (χ0v) is 12.1. The number of H-pyrrole nitrogens is 1. The number of carbonyl (C=O) groups excluding carboxylic acids is 1. The second-order valence-corrected chi connectivity index (χ2v) is 5.57. The highest BCUT2D eigenvalue weighted by molar-refractivity contribution is 7.09. The molecule has 5 nitrogen and oxygen atoms in total. The smallest absolute Gasteiger partial charge is 0.319 e.